The lowest BCUT2D eigenvalue weighted by molar-refractivity contribution is 0.0948. The highest BCUT2D eigenvalue weighted by Crippen LogP contribution is 2.30. The highest BCUT2D eigenvalue weighted by Gasteiger charge is 2.13. The van der Waals surface area contributed by atoms with E-state index in [-0.39, 0.29) is 5.91 Å². The average molecular weight is 373 g/mol. The molecule has 0 saturated heterocycles. The number of carbonyl (C=O) groups excluding carboxylic acids is 1. The number of furan rings is 1. The number of rotatable bonds is 4. The largest absolute Gasteiger partial charge is 0.467 e. The standard InChI is InChI=1S/C21H15N3O2S/c25-20(22-12-16-7-4-10-26-16)15-8-9-18-19(11-15)27-21-23-17(13-24(18)21)14-5-2-1-3-6-14/h1-11,13H,12H2,(H,22,25). The van der Waals surface area contributed by atoms with Gasteiger partial charge in [0.1, 0.15) is 5.76 Å². The summed E-state index contributed by atoms with van der Waals surface area (Å²) in [6.07, 6.45) is 3.64. The number of hydrogen-bond acceptors (Lipinski definition) is 4. The summed E-state index contributed by atoms with van der Waals surface area (Å²) in [7, 11) is 0. The van der Waals surface area contributed by atoms with Gasteiger partial charge in [-0.3, -0.25) is 9.20 Å². The molecule has 0 fully saturated rings. The molecule has 0 spiro atoms. The fourth-order valence-electron chi connectivity index (χ4n) is 3.07. The van der Waals surface area contributed by atoms with E-state index >= 15 is 0 Å². The first-order chi connectivity index (χ1) is 13.3. The van der Waals surface area contributed by atoms with Crippen molar-refractivity contribution < 1.29 is 9.21 Å². The van der Waals surface area contributed by atoms with Crippen molar-refractivity contribution in [2.45, 2.75) is 6.54 Å². The van der Waals surface area contributed by atoms with Crippen LogP contribution in [0.2, 0.25) is 0 Å². The van der Waals surface area contributed by atoms with Gasteiger partial charge in [-0.15, -0.1) is 0 Å². The van der Waals surface area contributed by atoms with E-state index in [1.807, 2.05) is 48.7 Å². The average Bonchev–Trinajstić information content (AvgIpc) is 3.42. The summed E-state index contributed by atoms with van der Waals surface area (Å²) in [5.74, 6) is 0.608. The zero-order valence-corrected chi connectivity index (χ0v) is 15.1. The van der Waals surface area contributed by atoms with Gasteiger partial charge in [-0.25, -0.2) is 4.98 Å². The number of fused-ring (bicyclic) bond motifs is 3. The molecule has 0 saturated carbocycles. The van der Waals surface area contributed by atoms with Crippen LogP contribution in [0.1, 0.15) is 16.1 Å². The second kappa shape index (κ2) is 6.41. The predicted molar refractivity (Wildman–Crippen MR) is 106 cm³/mol. The summed E-state index contributed by atoms with van der Waals surface area (Å²) in [5.41, 5.74) is 3.72. The van der Waals surface area contributed by atoms with Gasteiger partial charge >= 0.3 is 0 Å². The van der Waals surface area contributed by atoms with E-state index < -0.39 is 0 Å². The minimum absolute atomic E-state index is 0.121. The molecular formula is C21H15N3O2S. The number of amides is 1. The molecule has 1 N–H and O–H groups in total. The van der Waals surface area contributed by atoms with E-state index in [9.17, 15) is 4.79 Å². The maximum atomic E-state index is 12.4. The number of benzene rings is 2. The van der Waals surface area contributed by atoms with Gasteiger partial charge in [0.25, 0.3) is 5.91 Å². The van der Waals surface area contributed by atoms with Crippen LogP contribution in [0.15, 0.2) is 77.5 Å². The molecule has 5 nitrogen and oxygen atoms in total. The normalized spacial score (nSPS) is 11.3. The Morgan fingerprint density at radius 1 is 1.11 bits per heavy atom. The maximum Gasteiger partial charge on any atom is 0.251 e. The second-order valence-corrected chi connectivity index (χ2v) is 7.20. The van der Waals surface area contributed by atoms with Crippen LogP contribution in [0.3, 0.4) is 0 Å². The molecule has 132 valence electrons. The third-order valence-corrected chi connectivity index (χ3v) is 5.45. The molecule has 3 aromatic heterocycles. The van der Waals surface area contributed by atoms with Crippen molar-refractivity contribution in [2.24, 2.45) is 0 Å². The summed E-state index contributed by atoms with van der Waals surface area (Å²) < 4.78 is 8.35. The second-order valence-electron chi connectivity index (χ2n) is 6.19. The Labute approximate surface area is 158 Å². The van der Waals surface area contributed by atoms with Gasteiger partial charge in [-0.05, 0) is 30.3 Å². The molecule has 6 heteroatoms. The molecule has 2 aromatic carbocycles. The Morgan fingerprint density at radius 2 is 2.00 bits per heavy atom. The molecule has 0 atom stereocenters. The van der Waals surface area contributed by atoms with Gasteiger partial charge < -0.3 is 9.73 Å². The third-order valence-electron chi connectivity index (χ3n) is 4.43. The number of carbonyl (C=O) groups is 1. The number of aromatic nitrogens is 2. The molecule has 1 amide bonds. The molecular weight excluding hydrogens is 358 g/mol. The minimum Gasteiger partial charge on any atom is -0.467 e. The van der Waals surface area contributed by atoms with Crippen LogP contribution in [0.4, 0.5) is 0 Å². The lowest BCUT2D eigenvalue weighted by Gasteiger charge is -2.03. The van der Waals surface area contributed by atoms with Crippen LogP contribution < -0.4 is 5.32 Å². The van der Waals surface area contributed by atoms with Gasteiger partial charge in [0.15, 0.2) is 4.96 Å². The Balaban J connectivity index is 1.45. The van der Waals surface area contributed by atoms with E-state index in [0.29, 0.717) is 12.1 Å². The molecule has 0 aliphatic rings. The fourth-order valence-corrected chi connectivity index (χ4v) is 4.12. The topological polar surface area (TPSA) is 59.5 Å². The highest BCUT2D eigenvalue weighted by molar-refractivity contribution is 7.23. The molecule has 27 heavy (non-hydrogen) atoms. The lowest BCUT2D eigenvalue weighted by atomic mass is 10.2. The van der Waals surface area contributed by atoms with E-state index in [1.165, 1.54) is 0 Å². The van der Waals surface area contributed by atoms with Crippen LogP contribution in [0.5, 0.6) is 0 Å². The van der Waals surface area contributed by atoms with Gasteiger partial charge in [0.05, 0.1) is 28.7 Å². The molecule has 0 aliphatic carbocycles. The van der Waals surface area contributed by atoms with Crippen LogP contribution >= 0.6 is 11.3 Å². The molecule has 0 bridgehead atoms. The van der Waals surface area contributed by atoms with Crippen LogP contribution in [-0.4, -0.2) is 15.3 Å². The Bertz CT molecular complexity index is 1240. The summed E-state index contributed by atoms with van der Waals surface area (Å²) in [4.78, 5) is 18.1. The fraction of sp³-hybridized carbons (Fsp3) is 0.0476. The van der Waals surface area contributed by atoms with Crippen molar-refractivity contribution in [2.75, 3.05) is 0 Å². The first kappa shape index (κ1) is 15.8. The lowest BCUT2D eigenvalue weighted by Crippen LogP contribution is -2.22. The maximum absolute atomic E-state index is 12.4. The number of imidazole rings is 1. The predicted octanol–water partition coefficient (Wildman–Crippen LogP) is 4.74. The first-order valence-electron chi connectivity index (χ1n) is 8.55. The Kier molecular flexibility index (Phi) is 3.76. The van der Waals surface area contributed by atoms with Crippen molar-refractivity contribution in [3.63, 3.8) is 0 Å². The first-order valence-corrected chi connectivity index (χ1v) is 9.37. The molecule has 3 heterocycles. The van der Waals surface area contributed by atoms with E-state index in [0.717, 1.165) is 32.2 Å². The van der Waals surface area contributed by atoms with Crippen molar-refractivity contribution in [1.82, 2.24) is 14.7 Å². The highest BCUT2D eigenvalue weighted by atomic mass is 32.1. The minimum atomic E-state index is -0.121. The van der Waals surface area contributed by atoms with E-state index in [1.54, 1.807) is 23.7 Å². The zero-order chi connectivity index (χ0) is 18.2. The van der Waals surface area contributed by atoms with Crippen molar-refractivity contribution in [1.29, 1.82) is 0 Å². The summed E-state index contributed by atoms with van der Waals surface area (Å²) in [6, 6.07) is 19.5. The number of hydrogen-bond donors (Lipinski definition) is 1. The number of thiazole rings is 1. The Morgan fingerprint density at radius 3 is 2.81 bits per heavy atom. The van der Waals surface area contributed by atoms with E-state index in [4.69, 9.17) is 9.40 Å². The molecule has 0 radical (unpaired) electrons. The summed E-state index contributed by atoms with van der Waals surface area (Å²) >= 11 is 1.58. The van der Waals surface area contributed by atoms with E-state index in [2.05, 4.69) is 21.9 Å². The van der Waals surface area contributed by atoms with Gasteiger partial charge in [0.2, 0.25) is 0 Å². The third kappa shape index (κ3) is 2.90. The summed E-state index contributed by atoms with van der Waals surface area (Å²) in [5, 5.41) is 2.87. The van der Waals surface area contributed by atoms with Crippen molar-refractivity contribution >= 4 is 32.4 Å². The molecule has 5 aromatic rings. The van der Waals surface area contributed by atoms with Gasteiger partial charge in [0, 0.05) is 17.3 Å². The van der Waals surface area contributed by atoms with Gasteiger partial charge in [-0.2, -0.15) is 0 Å². The zero-order valence-electron chi connectivity index (χ0n) is 14.3. The van der Waals surface area contributed by atoms with Crippen molar-refractivity contribution in [3.05, 3.63) is 84.4 Å². The quantitative estimate of drug-likeness (QED) is 0.495. The molecule has 0 unspecified atom stereocenters. The molecule has 0 aliphatic heterocycles. The molecule has 5 rings (SSSR count). The van der Waals surface area contributed by atoms with Crippen LogP contribution in [0, 0.1) is 0 Å². The van der Waals surface area contributed by atoms with Crippen molar-refractivity contribution in [3.8, 4) is 11.3 Å². The monoisotopic (exact) mass is 373 g/mol. The van der Waals surface area contributed by atoms with Crippen LogP contribution in [0.25, 0.3) is 26.4 Å². The Hall–Kier alpha value is -3.38. The smallest absolute Gasteiger partial charge is 0.251 e. The number of nitrogens with one attached hydrogen (secondary N) is 1. The van der Waals surface area contributed by atoms with Gasteiger partial charge in [-0.1, -0.05) is 41.7 Å². The number of nitrogens with zero attached hydrogens (tertiary/aromatic N) is 2. The van der Waals surface area contributed by atoms with Crippen LogP contribution in [-0.2, 0) is 6.54 Å². The SMILES string of the molecule is O=C(NCc1ccco1)c1ccc2c(c1)sc1nc(-c3ccccc3)cn12. The summed E-state index contributed by atoms with van der Waals surface area (Å²) in [6.45, 7) is 0.373.